The summed E-state index contributed by atoms with van der Waals surface area (Å²) in [5.74, 6) is 0.766. The van der Waals surface area contributed by atoms with Crippen LogP contribution in [0, 0.1) is 17.2 Å². The number of halogens is 1. The maximum Gasteiger partial charge on any atom is 0.405 e. The fourth-order valence-corrected chi connectivity index (χ4v) is 3.70. The van der Waals surface area contributed by atoms with Crippen molar-refractivity contribution in [2.45, 2.75) is 40.2 Å². The molecule has 0 saturated heterocycles. The molecule has 144 valence electrons. The number of hydrogen-bond donors (Lipinski definition) is 2. The summed E-state index contributed by atoms with van der Waals surface area (Å²) < 4.78 is 20.7. The fourth-order valence-electron chi connectivity index (χ4n) is 3.70. The summed E-state index contributed by atoms with van der Waals surface area (Å²) in [5, 5.41) is 11.7. The highest BCUT2D eigenvalue weighted by Gasteiger charge is 2.40. The fraction of sp³-hybridized carbons (Fsp3) is 0.409. The van der Waals surface area contributed by atoms with Crippen LogP contribution in [0.4, 0.5) is 9.18 Å². The van der Waals surface area contributed by atoms with E-state index in [-0.39, 0.29) is 11.2 Å². The lowest BCUT2D eigenvalue weighted by Crippen LogP contribution is -2.34. The van der Waals surface area contributed by atoms with Crippen molar-refractivity contribution in [1.82, 2.24) is 5.32 Å². The third-order valence-electron chi connectivity index (χ3n) is 4.96. The molecule has 4 nitrogen and oxygen atoms in total. The highest BCUT2D eigenvalue weighted by molar-refractivity contribution is 5.69. The number of hydrogen-bond acceptors (Lipinski definition) is 2. The molecule has 2 aromatic carbocycles. The van der Waals surface area contributed by atoms with E-state index in [1.165, 1.54) is 6.07 Å². The van der Waals surface area contributed by atoms with E-state index < -0.39 is 12.1 Å². The minimum absolute atomic E-state index is 0.311. The van der Waals surface area contributed by atoms with Crippen LogP contribution in [0.15, 0.2) is 36.4 Å². The first-order valence-electron chi connectivity index (χ1n) is 9.22. The first-order chi connectivity index (χ1) is 12.7. The van der Waals surface area contributed by atoms with Crippen molar-refractivity contribution in [3.05, 3.63) is 53.3 Å². The van der Waals surface area contributed by atoms with Crippen LogP contribution in [0.2, 0.25) is 0 Å². The molecule has 2 aromatic rings. The van der Waals surface area contributed by atoms with Crippen molar-refractivity contribution in [1.29, 1.82) is 0 Å². The van der Waals surface area contributed by atoms with Crippen molar-refractivity contribution in [3.8, 4) is 16.9 Å². The minimum Gasteiger partial charge on any atom is -0.493 e. The zero-order valence-electron chi connectivity index (χ0n) is 16.2. The molecule has 0 aromatic heterocycles. The van der Waals surface area contributed by atoms with Crippen molar-refractivity contribution >= 4 is 6.09 Å². The van der Waals surface area contributed by atoms with Crippen LogP contribution in [0.1, 0.15) is 44.9 Å². The monoisotopic (exact) mass is 371 g/mol. The molecular weight excluding hydrogens is 345 g/mol. The maximum absolute atomic E-state index is 14.9. The van der Waals surface area contributed by atoms with Gasteiger partial charge in [0.1, 0.15) is 11.6 Å². The molecule has 0 saturated carbocycles. The Morgan fingerprint density at radius 2 is 2.07 bits per heavy atom. The summed E-state index contributed by atoms with van der Waals surface area (Å²) >= 11 is 0. The van der Waals surface area contributed by atoms with Gasteiger partial charge in [-0.1, -0.05) is 39.8 Å². The molecule has 0 heterocycles. The topological polar surface area (TPSA) is 58.6 Å². The summed E-state index contributed by atoms with van der Waals surface area (Å²) in [6, 6.07) is 10.3. The number of benzene rings is 2. The van der Waals surface area contributed by atoms with Crippen LogP contribution in [0.3, 0.4) is 0 Å². The van der Waals surface area contributed by atoms with E-state index in [1.807, 2.05) is 44.2 Å². The van der Waals surface area contributed by atoms with E-state index in [0.29, 0.717) is 30.3 Å². The van der Waals surface area contributed by atoms with Gasteiger partial charge < -0.3 is 15.2 Å². The molecule has 1 atom stereocenters. The van der Waals surface area contributed by atoms with Crippen LogP contribution >= 0.6 is 0 Å². The van der Waals surface area contributed by atoms with Crippen LogP contribution < -0.4 is 10.1 Å². The molecule has 0 bridgehead atoms. The van der Waals surface area contributed by atoms with Gasteiger partial charge in [0, 0.05) is 5.56 Å². The van der Waals surface area contributed by atoms with Gasteiger partial charge in [-0.15, -0.1) is 0 Å². The highest BCUT2D eigenvalue weighted by atomic mass is 19.1. The largest absolute Gasteiger partial charge is 0.493 e. The third-order valence-corrected chi connectivity index (χ3v) is 4.96. The lowest BCUT2D eigenvalue weighted by atomic mass is 9.85. The molecule has 5 heteroatoms. The van der Waals surface area contributed by atoms with E-state index in [2.05, 4.69) is 19.2 Å². The van der Waals surface area contributed by atoms with Crippen LogP contribution in [-0.2, 0) is 6.42 Å². The predicted molar refractivity (Wildman–Crippen MR) is 104 cm³/mol. The Morgan fingerprint density at radius 1 is 1.33 bits per heavy atom. The molecule has 1 aliphatic carbocycles. The second-order valence-electron chi connectivity index (χ2n) is 8.31. The average molecular weight is 371 g/mol. The van der Waals surface area contributed by atoms with Gasteiger partial charge in [-0.25, -0.2) is 9.18 Å². The van der Waals surface area contributed by atoms with Gasteiger partial charge in [0.15, 0.2) is 0 Å². The lowest BCUT2D eigenvalue weighted by Gasteiger charge is -2.27. The first kappa shape index (κ1) is 19.2. The number of nitrogens with one attached hydrogen (secondary N) is 1. The molecule has 0 fully saturated rings. The summed E-state index contributed by atoms with van der Waals surface area (Å²) in [7, 11) is 0. The molecule has 0 radical (unpaired) electrons. The number of rotatable bonds is 5. The Bertz CT molecular complexity index is 861. The molecule has 0 aliphatic heterocycles. The first-order valence-corrected chi connectivity index (χ1v) is 9.22. The number of ether oxygens (including phenoxy) is 1. The molecule has 27 heavy (non-hydrogen) atoms. The Balaban J connectivity index is 1.96. The van der Waals surface area contributed by atoms with Gasteiger partial charge in [-0.3, -0.25) is 0 Å². The summed E-state index contributed by atoms with van der Waals surface area (Å²) in [6.45, 7) is 8.74. The SMILES string of the molecule is CC(C)COc1cccc(-c2cc3c(cc2F)[C@H](NC(=O)O)C(C)(C)C3)c1. The summed E-state index contributed by atoms with van der Waals surface area (Å²) in [6.07, 6.45) is -0.412. The van der Waals surface area contributed by atoms with Gasteiger partial charge in [-0.05, 0) is 58.7 Å². The second-order valence-corrected chi connectivity index (χ2v) is 8.31. The average Bonchev–Trinajstić information content (AvgIpc) is 2.82. The van der Waals surface area contributed by atoms with Crippen LogP contribution in [0.25, 0.3) is 11.1 Å². The molecule has 1 amide bonds. The molecule has 2 N–H and O–H groups in total. The number of amides is 1. The zero-order valence-corrected chi connectivity index (χ0v) is 16.2. The Labute approximate surface area is 159 Å². The van der Waals surface area contributed by atoms with Gasteiger partial charge >= 0.3 is 6.09 Å². The Morgan fingerprint density at radius 3 is 2.74 bits per heavy atom. The van der Waals surface area contributed by atoms with Crippen molar-refractivity contribution in [2.75, 3.05) is 6.61 Å². The predicted octanol–water partition coefficient (Wildman–Crippen LogP) is 5.42. The van der Waals surface area contributed by atoms with Gasteiger partial charge in [0.05, 0.1) is 12.6 Å². The van der Waals surface area contributed by atoms with Gasteiger partial charge in [0.25, 0.3) is 0 Å². The maximum atomic E-state index is 14.9. The third kappa shape index (κ3) is 4.07. The lowest BCUT2D eigenvalue weighted by molar-refractivity contribution is 0.175. The smallest absolute Gasteiger partial charge is 0.405 e. The van der Waals surface area contributed by atoms with E-state index in [4.69, 9.17) is 9.84 Å². The van der Waals surface area contributed by atoms with Crippen molar-refractivity contribution < 1.29 is 19.0 Å². The van der Waals surface area contributed by atoms with Crippen molar-refractivity contribution in [2.24, 2.45) is 11.3 Å². The number of fused-ring (bicyclic) bond motifs is 1. The van der Waals surface area contributed by atoms with E-state index in [9.17, 15) is 9.18 Å². The second kappa shape index (κ2) is 7.22. The Kier molecular flexibility index (Phi) is 5.13. The van der Waals surface area contributed by atoms with Gasteiger partial charge in [0.2, 0.25) is 0 Å². The standard InChI is InChI=1S/C22H26FNO3/c1-13(2)12-27-16-7-5-6-14(8-16)17-9-15-11-22(3,4)20(24-21(25)26)18(15)10-19(17)23/h5-10,13,20,24H,11-12H2,1-4H3,(H,25,26)/t20-/m0/s1. The number of carbonyl (C=O) groups is 1. The zero-order chi connectivity index (χ0) is 19.8. The normalized spacial score (nSPS) is 17.6. The quantitative estimate of drug-likeness (QED) is 0.738. The Hall–Kier alpha value is -2.56. The molecule has 3 rings (SSSR count). The van der Waals surface area contributed by atoms with Crippen LogP contribution in [-0.4, -0.2) is 17.8 Å². The molecular formula is C22H26FNO3. The van der Waals surface area contributed by atoms with E-state index >= 15 is 0 Å². The minimum atomic E-state index is -1.10. The van der Waals surface area contributed by atoms with Crippen molar-refractivity contribution in [3.63, 3.8) is 0 Å². The van der Waals surface area contributed by atoms with E-state index in [1.54, 1.807) is 0 Å². The van der Waals surface area contributed by atoms with Crippen LogP contribution in [0.5, 0.6) is 5.75 Å². The summed E-state index contributed by atoms with van der Waals surface area (Å²) in [4.78, 5) is 11.2. The summed E-state index contributed by atoms with van der Waals surface area (Å²) in [5.41, 5.74) is 2.65. The van der Waals surface area contributed by atoms with Gasteiger partial charge in [-0.2, -0.15) is 0 Å². The molecule has 0 unspecified atom stereocenters. The number of carboxylic acid groups (broad SMARTS) is 1. The highest BCUT2D eigenvalue weighted by Crippen LogP contribution is 2.46. The molecule has 1 aliphatic rings. The van der Waals surface area contributed by atoms with E-state index in [0.717, 1.165) is 16.7 Å². The molecule has 0 spiro atoms.